The lowest BCUT2D eigenvalue weighted by molar-refractivity contribution is 0.138. The first-order chi connectivity index (χ1) is 15.9. The van der Waals surface area contributed by atoms with Gasteiger partial charge in [0.05, 0.1) is 13.2 Å². The van der Waals surface area contributed by atoms with Gasteiger partial charge in [-0.2, -0.15) is 0 Å². The van der Waals surface area contributed by atoms with Crippen molar-refractivity contribution in [2.24, 2.45) is 0 Å². The minimum atomic E-state index is -1.17. The first-order valence-corrected chi connectivity index (χ1v) is 13.0. The molecule has 33 heavy (non-hydrogen) atoms. The fourth-order valence-electron chi connectivity index (χ4n) is 4.24. The van der Waals surface area contributed by atoms with Gasteiger partial charge in [0.25, 0.3) is 8.53 Å². The highest BCUT2D eigenvalue weighted by molar-refractivity contribution is 7.44. The number of nitrogens with zero attached hydrogens (tertiary/aromatic N) is 1. The monoisotopic (exact) mass is 472 g/mol. The molecular weight excluding hydrogens is 435 g/mol. The Balaban J connectivity index is 1.49. The van der Waals surface area contributed by atoms with Gasteiger partial charge in [0.1, 0.15) is 6.61 Å². The Morgan fingerprint density at radius 1 is 0.939 bits per heavy atom. The normalized spacial score (nSPS) is 13.9. The number of fused-ring (bicyclic) bond motifs is 3. The van der Waals surface area contributed by atoms with Crippen molar-refractivity contribution >= 4 is 14.6 Å². The standard InChI is InChI=1S/C26H37N2O4P/c1-6-16-31-33(28(19(2)3)20(4)5)32-17-15-27-26(29)30-18-25-23-13-9-7-11-21(23)22-12-8-10-14-24(22)25/h7-14,19-20,25H,6,15-18H2,1-5H3,(H,27,29). The van der Waals surface area contributed by atoms with E-state index < -0.39 is 14.6 Å². The summed E-state index contributed by atoms with van der Waals surface area (Å²) in [6.45, 7) is 12.4. The van der Waals surface area contributed by atoms with Gasteiger partial charge in [0.2, 0.25) is 0 Å². The van der Waals surface area contributed by atoms with E-state index in [0.29, 0.717) is 38.4 Å². The molecule has 1 N–H and O–H groups in total. The molecule has 1 aliphatic rings. The van der Waals surface area contributed by atoms with E-state index in [2.05, 4.69) is 68.9 Å². The van der Waals surface area contributed by atoms with Crippen molar-refractivity contribution in [3.63, 3.8) is 0 Å². The molecule has 1 amide bonds. The summed E-state index contributed by atoms with van der Waals surface area (Å²) in [6, 6.07) is 17.3. The van der Waals surface area contributed by atoms with Gasteiger partial charge in [-0.25, -0.2) is 9.46 Å². The molecule has 0 heterocycles. The maximum atomic E-state index is 12.4. The van der Waals surface area contributed by atoms with Crippen LogP contribution in [0.4, 0.5) is 4.79 Å². The average molecular weight is 473 g/mol. The van der Waals surface area contributed by atoms with Gasteiger partial charge in [0, 0.05) is 24.5 Å². The Morgan fingerprint density at radius 2 is 1.48 bits per heavy atom. The number of amides is 1. The number of hydrogen-bond donors (Lipinski definition) is 1. The summed E-state index contributed by atoms with van der Waals surface area (Å²) in [5.74, 6) is 0.0559. The van der Waals surface area contributed by atoms with Crippen LogP contribution < -0.4 is 5.32 Å². The molecule has 3 rings (SSSR count). The molecule has 2 aromatic carbocycles. The summed E-state index contributed by atoms with van der Waals surface area (Å²) in [5.41, 5.74) is 4.85. The van der Waals surface area contributed by atoms with E-state index in [1.54, 1.807) is 0 Å². The van der Waals surface area contributed by atoms with Crippen LogP contribution >= 0.6 is 8.53 Å². The van der Waals surface area contributed by atoms with Crippen LogP contribution in [0.25, 0.3) is 11.1 Å². The second-order valence-electron chi connectivity index (χ2n) is 8.72. The minimum Gasteiger partial charge on any atom is -0.449 e. The zero-order chi connectivity index (χ0) is 23.8. The average Bonchev–Trinajstić information content (AvgIpc) is 3.12. The molecule has 0 radical (unpaired) electrons. The lowest BCUT2D eigenvalue weighted by atomic mass is 9.98. The molecule has 180 valence electrons. The van der Waals surface area contributed by atoms with E-state index >= 15 is 0 Å². The van der Waals surface area contributed by atoms with Crippen LogP contribution in [0.1, 0.15) is 58.1 Å². The smallest absolute Gasteiger partial charge is 0.407 e. The minimum absolute atomic E-state index is 0.0559. The number of benzene rings is 2. The van der Waals surface area contributed by atoms with Crippen molar-refractivity contribution in [1.29, 1.82) is 0 Å². The number of nitrogens with one attached hydrogen (secondary N) is 1. The number of hydrogen-bond acceptors (Lipinski definition) is 5. The van der Waals surface area contributed by atoms with Gasteiger partial charge in [0.15, 0.2) is 0 Å². The maximum absolute atomic E-state index is 12.4. The van der Waals surface area contributed by atoms with Crippen LogP contribution in [0.2, 0.25) is 0 Å². The van der Waals surface area contributed by atoms with Gasteiger partial charge in [-0.15, -0.1) is 0 Å². The quantitative estimate of drug-likeness (QED) is 0.290. The van der Waals surface area contributed by atoms with E-state index in [4.69, 9.17) is 13.8 Å². The molecule has 0 aromatic heterocycles. The highest BCUT2D eigenvalue weighted by Gasteiger charge is 2.29. The van der Waals surface area contributed by atoms with Crippen LogP contribution in [0.15, 0.2) is 48.5 Å². The topological polar surface area (TPSA) is 60.0 Å². The van der Waals surface area contributed by atoms with Gasteiger partial charge in [-0.05, 0) is 56.4 Å². The summed E-state index contributed by atoms with van der Waals surface area (Å²) in [7, 11) is -1.17. The number of alkyl carbamates (subject to hydrolysis) is 1. The molecule has 6 nitrogen and oxygen atoms in total. The zero-order valence-corrected chi connectivity index (χ0v) is 21.3. The molecule has 0 fully saturated rings. The first kappa shape index (κ1) is 25.6. The molecule has 0 bridgehead atoms. The summed E-state index contributed by atoms with van der Waals surface area (Å²) in [4.78, 5) is 12.4. The van der Waals surface area contributed by atoms with Crippen LogP contribution in [-0.4, -0.2) is 49.2 Å². The van der Waals surface area contributed by atoms with Gasteiger partial charge in [-0.1, -0.05) is 55.5 Å². The lowest BCUT2D eigenvalue weighted by Crippen LogP contribution is -2.34. The van der Waals surface area contributed by atoms with Crippen LogP contribution in [0.5, 0.6) is 0 Å². The SMILES string of the molecule is CCCOP(OCCNC(=O)OCC1c2ccccc2-c2ccccc21)N(C(C)C)C(C)C. The predicted octanol–water partition coefficient (Wildman–Crippen LogP) is 6.31. The van der Waals surface area contributed by atoms with E-state index in [9.17, 15) is 4.79 Å². The molecule has 0 saturated carbocycles. The number of rotatable bonds is 12. The van der Waals surface area contributed by atoms with Crippen LogP contribution in [0.3, 0.4) is 0 Å². The van der Waals surface area contributed by atoms with Crippen molar-refractivity contribution < 1.29 is 18.6 Å². The first-order valence-electron chi connectivity index (χ1n) is 11.9. The van der Waals surface area contributed by atoms with Gasteiger partial charge >= 0.3 is 6.09 Å². The Labute approximate surface area is 199 Å². The summed E-state index contributed by atoms with van der Waals surface area (Å²) < 4.78 is 19.9. The van der Waals surface area contributed by atoms with Crippen LogP contribution in [0, 0.1) is 0 Å². The Bertz CT molecular complexity index is 852. The second-order valence-corrected chi connectivity index (χ2v) is 10.2. The fraction of sp³-hybridized carbons (Fsp3) is 0.500. The second kappa shape index (κ2) is 12.5. The molecule has 2 aromatic rings. The maximum Gasteiger partial charge on any atom is 0.407 e. The zero-order valence-electron chi connectivity index (χ0n) is 20.4. The van der Waals surface area contributed by atoms with E-state index in [-0.39, 0.29) is 5.92 Å². The molecule has 1 atom stereocenters. The van der Waals surface area contributed by atoms with Crippen molar-refractivity contribution in [1.82, 2.24) is 9.99 Å². The number of carbonyl (C=O) groups excluding carboxylic acids is 1. The van der Waals surface area contributed by atoms with Crippen molar-refractivity contribution in [2.75, 3.05) is 26.4 Å². The number of carbonyl (C=O) groups is 1. The molecule has 7 heteroatoms. The predicted molar refractivity (Wildman–Crippen MR) is 134 cm³/mol. The van der Waals surface area contributed by atoms with E-state index in [1.807, 2.05) is 24.3 Å². The molecule has 0 saturated heterocycles. The molecule has 1 unspecified atom stereocenters. The Kier molecular flexibility index (Phi) is 9.69. The van der Waals surface area contributed by atoms with Crippen molar-refractivity contribution in [3.05, 3.63) is 59.7 Å². The third kappa shape index (κ3) is 6.54. The molecule has 0 aliphatic heterocycles. The largest absolute Gasteiger partial charge is 0.449 e. The summed E-state index contributed by atoms with van der Waals surface area (Å²) in [5, 5.41) is 2.81. The Morgan fingerprint density at radius 3 is 2.03 bits per heavy atom. The fourth-order valence-corrected chi connectivity index (χ4v) is 5.92. The highest BCUT2D eigenvalue weighted by atomic mass is 31.2. The highest BCUT2D eigenvalue weighted by Crippen LogP contribution is 2.46. The van der Waals surface area contributed by atoms with Gasteiger partial charge in [-0.3, -0.25) is 0 Å². The van der Waals surface area contributed by atoms with Crippen molar-refractivity contribution in [3.8, 4) is 11.1 Å². The lowest BCUT2D eigenvalue weighted by Gasteiger charge is -2.35. The van der Waals surface area contributed by atoms with Gasteiger partial charge < -0.3 is 19.1 Å². The van der Waals surface area contributed by atoms with E-state index in [0.717, 1.165) is 6.42 Å². The molecule has 0 spiro atoms. The third-order valence-corrected chi connectivity index (χ3v) is 7.68. The molecular formula is C26H37N2O4P. The van der Waals surface area contributed by atoms with Crippen LogP contribution in [-0.2, 0) is 13.8 Å². The van der Waals surface area contributed by atoms with E-state index in [1.165, 1.54) is 22.3 Å². The molecule has 1 aliphatic carbocycles. The summed E-state index contributed by atoms with van der Waals surface area (Å²) >= 11 is 0. The Hall–Kier alpha value is -1.98. The third-order valence-electron chi connectivity index (χ3n) is 5.57. The summed E-state index contributed by atoms with van der Waals surface area (Å²) in [6.07, 6.45) is 0.508. The number of ether oxygens (including phenoxy) is 1. The van der Waals surface area contributed by atoms with Crippen molar-refractivity contribution in [2.45, 2.75) is 59.0 Å².